The average molecular weight is 367 g/mol. The number of carbonyl (C=O) groups is 1. The molecule has 0 radical (unpaired) electrons. The lowest BCUT2D eigenvalue weighted by Gasteiger charge is -2.19. The number of hydrogen-bond donors (Lipinski definition) is 2. The molecule has 0 aliphatic carbocycles. The van der Waals surface area contributed by atoms with Gasteiger partial charge in [0.15, 0.2) is 0 Å². The molecule has 1 heterocycles. The summed E-state index contributed by atoms with van der Waals surface area (Å²) in [5, 5.41) is 18.4. The molecule has 7 heteroatoms. The first-order valence-electron chi connectivity index (χ1n) is 7.95. The van der Waals surface area contributed by atoms with Crippen LogP contribution in [-0.4, -0.2) is 11.0 Å². The summed E-state index contributed by atoms with van der Waals surface area (Å²) >= 11 is 1.55. The number of hydrogen-bond acceptors (Lipinski definition) is 4. The smallest absolute Gasteiger partial charge is 0.320 e. The van der Waals surface area contributed by atoms with Gasteiger partial charge in [-0.2, -0.15) is 0 Å². The normalized spacial score (nSPS) is 11.6. The van der Waals surface area contributed by atoms with Crippen molar-refractivity contribution in [3.8, 4) is 0 Å². The van der Waals surface area contributed by atoms with Crippen LogP contribution >= 0.6 is 11.3 Å². The summed E-state index contributed by atoms with van der Waals surface area (Å²) < 4.78 is 0. The van der Waals surface area contributed by atoms with Crippen molar-refractivity contribution in [3.63, 3.8) is 0 Å². The molecule has 2 N–H and O–H groups in total. The molecule has 26 heavy (non-hydrogen) atoms. The third kappa shape index (κ3) is 4.25. The fraction of sp³-hybridized carbons (Fsp3) is 0.105. The molecule has 132 valence electrons. The molecule has 3 rings (SSSR count). The van der Waals surface area contributed by atoms with Crippen molar-refractivity contribution < 1.29 is 9.72 Å². The number of nitrogens with one attached hydrogen (secondary N) is 2. The van der Waals surface area contributed by atoms with Crippen molar-refractivity contribution in [3.05, 3.63) is 92.2 Å². The van der Waals surface area contributed by atoms with Gasteiger partial charge in [-0.1, -0.05) is 42.0 Å². The van der Waals surface area contributed by atoms with Crippen LogP contribution in [0.1, 0.15) is 22.0 Å². The van der Waals surface area contributed by atoms with Gasteiger partial charge < -0.3 is 10.6 Å². The predicted octanol–water partition coefficient (Wildman–Crippen LogP) is 4.88. The summed E-state index contributed by atoms with van der Waals surface area (Å²) in [5.41, 5.74) is 2.40. The summed E-state index contributed by atoms with van der Waals surface area (Å²) in [6, 6.07) is 17.0. The zero-order valence-corrected chi connectivity index (χ0v) is 14.8. The highest BCUT2D eigenvalue weighted by Crippen LogP contribution is 2.26. The van der Waals surface area contributed by atoms with Crippen molar-refractivity contribution in [1.29, 1.82) is 0 Å². The van der Waals surface area contributed by atoms with Crippen molar-refractivity contribution in [2.24, 2.45) is 0 Å². The summed E-state index contributed by atoms with van der Waals surface area (Å²) in [4.78, 5) is 23.8. The predicted molar refractivity (Wildman–Crippen MR) is 103 cm³/mol. The van der Waals surface area contributed by atoms with Crippen molar-refractivity contribution in [1.82, 2.24) is 5.32 Å². The molecular weight excluding hydrogens is 350 g/mol. The lowest BCUT2D eigenvalue weighted by atomic mass is 10.0. The van der Waals surface area contributed by atoms with E-state index in [-0.39, 0.29) is 11.7 Å². The fourth-order valence-corrected chi connectivity index (χ4v) is 3.33. The van der Waals surface area contributed by atoms with E-state index in [4.69, 9.17) is 0 Å². The number of urea groups is 1. The largest absolute Gasteiger partial charge is 0.326 e. The second-order valence-corrected chi connectivity index (χ2v) is 6.74. The molecule has 0 saturated carbocycles. The second-order valence-electron chi connectivity index (χ2n) is 5.77. The van der Waals surface area contributed by atoms with E-state index in [2.05, 4.69) is 10.6 Å². The summed E-state index contributed by atoms with van der Waals surface area (Å²) in [5.74, 6) is 0. The molecule has 0 bridgehead atoms. The van der Waals surface area contributed by atoms with Gasteiger partial charge in [-0.3, -0.25) is 10.1 Å². The molecule has 0 fully saturated rings. The summed E-state index contributed by atoms with van der Waals surface area (Å²) in [6.45, 7) is 2.01. The van der Waals surface area contributed by atoms with E-state index < -0.39 is 11.0 Å². The third-order valence-electron chi connectivity index (χ3n) is 3.83. The van der Waals surface area contributed by atoms with Crippen LogP contribution in [0.4, 0.5) is 16.2 Å². The van der Waals surface area contributed by atoms with E-state index in [0.717, 1.165) is 16.0 Å². The average Bonchev–Trinajstić information content (AvgIpc) is 3.15. The molecule has 3 aromatic rings. The molecule has 0 aliphatic rings. The molecule has 2 amide bonds. The van der Waals surface area contributed by atoms with Gasteiger partial charge in [0.25, 0.3) is 5.69 Å². The highest BCUT2D eigenvalue weighted by molar-refractivity contribution is 7.10. The number of rotatable bonds is 5. The molecular formula is C19H17N3O3S. The Bertz CT molecular complexity index is 908. The Morgan fingerprint density at radius 3 is 2.54 bits per heavy atom. The van der Waals surface area contributed by atoms with E-state index in [1.54, 1.807) is 17.4 Å². The highest BCUT2D eigenvalue weighted by Gasteiger charge is 2.18. The van der Waals surface area contributed by atoms with Crippen LogP contribution in [0, 0.1) is 17.0 Å². The van der Waals surface area contributed by atoms with E-state index in [0.29, 0.717) is 5.69 Å². The van der Waals surface area contributed by atoms with Crippen LogP contribution in [0.2, 0.25) is 0 Å². The number of non-ortho nitro benzene ring substituents is 1. The Labute approximate surface area is 154 Å². The lowest BCUT2D eigenvalue weighted by Crippen LogP contribution is -2.32. The number of thiophene rings is 1. The van der Waals surface area contributed by atoms with Crippen LogP contribution in [0.25, 0.3) is 0 Å². The number of carbonyl (C=O) groups excluding carboxylic acids is 1. The number of nitro groups is 1. The second kappa shape index (κ2) is 7.79. The van der Waals surface area contributed by atoms with Gasteiger partial charge in [-0.15, -0.1) is 11.3 Å². The third-order valence-corrected chi connectivity index (χ3v) is 4.77. The molecule has 1 atom stereocenters. The maximum absolute atomic E-state index is 12.5. The Kier molecular flexibility index (Phi) is 5.28. The van der Waals surface area contributed by atoms with Crippen LogP contribution in [0.15, 0.2) is 66.0 Å². The quantitative estimate of drug-likeness (QED) is 0.498. The van der Waals surface area contributed by atoms with E-state index >= 15 is 0 Å². The summed E-state index contributed by atoms with van der Waals surface area (Å²) in [6.07, 6.45) is 0. The number of nitro benzene ring substituents is 1. The minimum Gasteiger partial charge on any atom is -0.326 e. The van der Waals surface area contributed by atoms with Crippen molar-refractivity contribution >= 4 is 28.7 Å². The number of benzene rings is 2. The molecule has 0 spiro atoms. The monoisotopic (exact) mass is 367 g/mol. The molecule has 0 unspecified atom stereocenters. The van der Waals surface area contributed by atoms with E-state index in [1.807, 2.05) is 48.7 Å². The van der Waals surface area contributed by atoms with Crippen LogP contribution in [-0.2, 0) is 0 Å². The van der Waals surface area contributed by atoms with Crippen LogP contribution < -0.4 is 10.6 Å². The minimum atomic E-state index is -0.496. The van der Waals surface area contributed by atoms with Crippen LogP contribution in [0.5, 0.6) is 0 Å². The number of anilines is 1. The maximum atomic E-state index is 12.5. The minimum absolute atomic E-state index is 0.0730. The Morgan fingerprint density at radius 1 is 1.12 bits per heavy atom. The first kappa shape index (κ1) is 17.6. The SMILES string of the molecule is Cc1ccc([C@H](NC(=O)Nc2cccc([N+](=O)[O-])c2)c2cccs2)cc1. The van der Waals surface area contributed by atoms with Crippen molar-refractivity contribution in [2.75, 3.05) is 5.32 Å². The van der Waals surface area contributed by atoms with Crippen LogP contribution in [0.3, 0.4) is 0 Å². The summed E-state index contributed by atoms with van der Waals surface area (Å²) in [7, 11) is 0. The number of amides is 2. The van der Waals surface area contributed by atoms with Gasteiger partial charge in [0.2, 0.25) is 0 Å². The first-order chi connectivity index (χ1) is 12.5. The molecule has 0 saturated heterocycles. The molecule has 6 nitrogen and oxygen atoms in total. The highest BCUT2D eigenvalue weighted by atomic mass is 32.1. The maximum Gasteiger partial charge on any atom is 0.320 e. The van der Waals surface area contributed by atoms with Gasteiger partial charge in [-0.05, 0) is 30.0 Å². The Hall–Kier alpha value is -3.19. The molecule has 2 aromatic carbocycles. The number of aryl methyl sites for hydroxylation is 1. The van der Waals surface area contributed by atoms with Gasteiger partial charge >= 0.3 is 6.03 Å². The Balaban J connectivity index is 1.78. The number of nitrogens with zero attached hydrogens (tertiary/aromatic N) is 1. The van der Waals surface area contributed by atoms with Gasteiger partial charge in [-0.25, -0.2) is 4.79 Å². The van der Waals surface area contributed by atoms with Gasteiger partial charge in [0.1, 0.15) is 0 Å². The first-order valence-corrected chi connectivity index (χ1v) is 8.83. The van der Waals surface area contributed by atoms with E-state index in [9.17, 15) is 14.9 Å². The fourth-order valence-electron chi connectivity index (χ4n) is 2.53. The van der Waals surface area contributed by atoms with Gasteiger partial charge in [0.05, 0.1) is 11.0 Å². The lowest BCUT2D eigenvalue weighted by molar-refractivity contribution is -0.384. The topological polar surface area (TPSA) is 84.3 Å². The van der Waals surface area contributed by atoms with E-state index in [1.165, 1.54) is 18.2 Å². The Morgan fingerprint density at radius 2 is 1.88 bits per heavy atom. The zero-order chi connectivity index (χ0) is 18.5. The van der Waals surface area contributed by atoms with Crippen molar-refractivity contribution in [2.45, 2.75) is 13.0 Å². The van der Waals surface area contributed by atoms with Gasteiger partial charge in [0, 0.05) is 22.7 Å². The molecule has 0 aliphatic heterocycles. The molecule has 1 aromatic heterocycles. The zero-order valence-electron chi connectivity index (χ0n) is 14.0. The standard InChI is InChI=1S/C19H17N3O3S/c1-13-7-9-14(10-8-13)18(17-6-3-11-26-17)21-19(23)20-15-4-2-5-16(12-15)22(24)25/h2-12,18H,1H3,(H2,20,21,23)/t18-/m0/s1.